The molecule has 1 aromatic heterocycles. The molecule has 3 fully saturated rings. The van der Waals surface area contributed by atoms with Crippen molar-refractivity contribution in [2.24, 2.45) is 0 Å². The highest BCUT2D eigenvalue weighted by Crippen LogP contribution is 2.26. The molecule has 4 nitrogen and oxygen atoms in total. The van der Waals surface area contributed by atoms with Gasteiger partial charge in [-0.1, -0.05) is 0 Å². The Balaban J connectivity index is 1.37. The number of likely N-dealkylation sites (tertiary alicyclic amines) is 1. The maximum absolute atomic E-state index is 6.02. The smallest absolute Gasteiger partial charge is 0.0870 e. The van der Waals surface area contributed by atoms with Gasteiger partial charge in [0.2, 0.25) is 0 Å². The zero-order valence-corrected chi connectivity index (χ0v) is 13.3. The lowest BCUT2D eigenvalue weighted by Gasteiger charge is -2.38. The van der Waals surface area contributed by atoms with Crippen LogP contribution in [0.1, 0.15) is 18.4 Å². The van der Waals surface area contributed by atoms with Crippen molar-refractivity contribution in [1.82, 2.24) is 9.80 Å². The molecule has 0 N–H and O–H groups in total. The summed E-state index contributed by atoms with van der Waals surface area (Å²) in [4.78, 5) is 5.17. The van der Waals surface area contributed by atoms with Gasteiger partial charge in [-0.3, -0.25) is 9.80 Å². The Hall–Kier alpha value is -0.460. The van der Waals surface area contributed by atoms with Crippen molar-refractivity contribution in [2.75, 3.05) is 39.4 Å². The van der Waals surface area contributed by atoms with E-state index in [4.69, 9.17) is 9.47 Å². The van der Waals surface area contributed by atoms with E-state index in [-0.39, 0.29) is 0 Å². The molecule has 0 amide bonds. The van der Waals surface area contributed by atoms with Crippen LogP contribution in [0.3, 0.4) is 0 Å². The molecule has 116 valence electrons. The van der Waals surface area contributed by atoms with Gasteiger partial charge in [-0.05, 0) is 35.2 Å². The molecule has 0 radical (unpaired) electrons. The molecular formula is C16H24N2O2S. The molecule has 4 heterocycles. The van der Waals surface area contributed by atoms with Gasteiger partial charge in [-0.15, -0.1) is 0 Å². The average molecular weight is 308 g/mol. The van der Waals surface area contributed by atoms with Gasteiger partial charge in [0.1, 0.15) is 0 Å². The van der Waals surface area contributed by atoms with Crippen LogP contribution in [0.5, 0.6) is 0 Å². The van der Waals surface area contributed by atoms with E-state index in [9.17, 15) is 0 Å². The van der Waals surface area contributed by atoms with Crippen molar-refractivity contribution in [1.29, 1.82) is 0 Å². The van der Waals surface area contributed by atoms with E-state index in [0.29, 0.717) is 18.2 Å². The minimum atomic E-state index is 0.388. The zero-order chi connectivity index (χ0) is 14.1. The van der Waals surface area contributed by atoms with Crippen molar-refractivity contribution in [2.45, 2.75) is 37.6 Å². The molecule has 0 spiro atoms. The third-order valence-corrected chi connectivity index (χ3v) is 5.67. The first-order chi connectivity index (χ1) is 10.4. The largest absolute Gasteiger partial charge is 0.377 e. The molecule has 0 saturated carbocycles. The number of morpholine rings is 1. The number of fused-ring (bicyclic) bond motifs is 1. The van der Waals surface area contributed by atoms with E-state index in [2.05, 4.69) is 26.6 Å². The Morgan fingerprint density at radius 1 is 1.24 bits per heavy atom. The summed E-state index contributed by atoms with van der Waals surface area (Å²) < 4.78 is 11.8. The summed E-state index contributed by atoms with van der Waals surface area (Å²) in [6.07, 6.45) is 3.30. The van der Waals surface area contributed by atoms with Crippen LogP contribution >= 0.6 is 11.3 Å². The second-order valence-electron chi connectivity index (χ2n) is 6.43. The number of hydrogen-bond acceptors (Lipinski definition) is 5. The van der Waals surface area contributed by atoms with Crippen molar-refractivity contribution < 1.29 is 9.47 Å². The Kier molecular flexibility index (Phi) is 4.27. The fraction of sp³-hybridized carbons (Fsp3) is 0.750. The molecule has 3 atom stereocenters. The monoisotopic (exact) mass is 308 g/mol. The summed E-state index contributed by atoms with van der Waals surface area (Å²) >= 11 is 1.79. The van der Waals surface area contributed by atoms with Gasteiger partial charge in [-0.2, -0.15) is 11.3 Å². The molecular weight excluding hydrogens is 284 g/mol. The first-order valence-electron chi connectivity index (χ1n) is 8.09. The molecule has 0 aliphatic carbocycles. The van der Waals surface area contributed by atoms with Crippen LogP contribution in [0.15, 0.2) is 16.8 Å². The van der Waals surface area contributed by atoms with Crippen LogP contribution in [0, 0.1) is 0 Å². The summed E-state index contributed by atoms with van der Waals surface area (Å²) in [5, 5.41) is 4.42. The van der Waals surface area contributed by atoms with Crippen LogP contribution in [-0.4, -0.2) is 67.4 Å². The van der Waals surface area contributed by atoms with E-state index in [1.807, 2.05) is 0 Å². The summed E-state index contributed by atoms with van der Waals surface area (Å²) in [7, 11) is 0. The minimum Gasteiger partial charge on any atom is -0.377 e. The fourth-order valence-electron chi connectivity index (χ4n) is 3.88. The molecule has 3 saturated heterocycles. The lowest BCUT2D eigenvalue weighted by atomic mass is 10.1. The second kappa shape index (κ2) is 6.34. The van der Waals surface area contributed by atoms with E-state index in [1.165, 1.54) is 18.4 Å². The highest BCUT2D eigenvalue weighted by atomic mass is 32.1. The first-order valence-corrected chi connectivity index (χ1v) is 9.03. The van der Waals surface area contributed by atoms with Gasteiger partial charge in [0.25, 0.3) is 0 Å². The van der Waals surface area contributed by atoms with Gasteiger partial charge < -0.3 is 9.47 Å². The Labute approximate surface area is 130 Å². The number of nitrogens with zero attached hydrogens (tertiary/aromatic N) is 2. The Morgan fingerprint density at radius 3 is 3.05 bits per heavy atom. The van der Waals surface area contributed by atoms with Gasteiger partial charge in [0.05, 0.1) is 18.8 Å². The van der Waals surface area contributed by atoms with E-state index in [1.54, 1.807) is 11.3 Å². The number of ether oxygens (including phenoxy) is 2. The molecule has 0 unspecified atom stereocenters. The van der Waals surface area contributed by atoms with Crippen molar-refractivity contribution >= 4 is 11.3 Å². The summed E-state index contributed by atoms with van der Waals surface area (Å²) in [6.45, 7) is 7.25. The molecule has 5 heteroatoms. The van der Waals surface area contributed by atoms with Crippen molar-refractivity contribution in [3.05, 3.63) is 22.4 Å². The molecule has 3 aliphatic heterocycles. The van der Waals surface area contributed by atoms with Crippen LogP contribution < -0.4 is 0 Å². The molecule has 3 aliphatic rings. The minimum absolute atomic E-state index is 0.388. The molecule has 4 rings (SSSR count). The first kappa shape index (κ1) is 14.2. The Bertz CT molecular complexity index is 447. The topological polar surface area (TPSA) is 24.9 Å². The zero-order valence-electron chi connectivity index (χ0n) is 12.4. The highest BCUT2D eigenvalue weighted by Gasteiger charge is 2.40. The van der Waals surface area contributed by atoms with E-state index in [0.717, 1.165) is 45.9 Å². The summed E-state index contributed by atoms with van der Waals surface area (Å²) in [5.74, 6) is 0. The van der Waals surface area contributed by atoms with Crippen LogP contribution in [0.2, 0.25) is 0 Å². The lowest BCUT2D eigenvalue weighted by Crippen LogP contribution is -2.52. The van der Waals surface area contributed by atoms with Gasteiger partial charge in [0.15, 0.2) is 0 Å². The summed E-state index contributed by atoms with van der Waals surface area (Å²) in [5.41, 5.74) is 1.43. The summed E-state index contributed by atoms with van der Waals surface area (Å²) in [6, 6.07) is 2.79. The van der Waals surface area contributed by atoms with Crippen LogP contribution in [0.4, 0.5) is 0 Å². The maximum atomic E-state index is 6.02. The number of rotatable bonds is 4. The van der Waals surface area contributed by atoms with Gasteiger partial charge >= 0.3 is 0 Å². The molecule has 0 bridgehead atoms. The third kappa shape index (κ3) is 3.17. The molecule has 0 aromatic carbocycles. The van der Waals surface area contributed by atoms with Crippen LogP contribution in [-0.2, 0) is 16.0 Å². The molecule has 21 heavy (non-hydrogen) atoms. The lowest BCUT2D eigenvalue weighted by molar-refractivity contribution is -0.0615. The third-order valence-electron chi connectivity index (χ3n) is 4.94. The van der Waals surface area contributed by atoms with E-state index >= 15 is 0 Å². The van der Waals surface area contributed by atoms with Gasteiger partial charge in [0, 0.05) is 45.4 Å². The standard InChI is InChI=1S/C16H24N2O2S/c1-2-14(19-5-1)9-18-4-6-20-16-11-17(10-15(16)18)8-13-3-7-21-12-13/h3,7,12,14-16H,1-2,4-6,8-11H2/t14-,15+,16-/m0/s1. The predicted molar refractivity (Wildman–Crippen MR) is 83.7 cm³/mol. The van der Waals surface area contributed by atoms with Gasteiger partial charge in [-0.25, -0.2) is 0 Å². The number of thiophene rings is 1. The average Bonchev–Trinajstić information content (AvgIpc) is 3.20. The fourth-order valence-corrected chi connectivity index (χ4v) is 4.54. The predicted octanol–water partition coefficient (Wildman–Crippen LogP) is 1.81. The Morgan fingerprint density at radius 2 is 2.24 bits per heavy atom. The van der Waals surface area contributed by atoms with Crippen molar-refractivity contribution in [3.8, 4) is 0 Å². The van der Waals surface area contributed by atoms with E-state index < -0.39 is 0 Å². The van der Waals surface area contributed by atoms with Crippen molar-refractivity contribution in [3.63, 3.8) is 0 Å². The maximum Gasteiger partial charge on any atom is 0.0870 e. The highest BCUT2D eigenvalue weighted by molar-refractivity contribution is 7.07. The number of hydrogen-bond donors (Lipinski definition) is 0. The normalized spacial score (nSPS) is 34.4. The SMILES string of the molecule is c1cc(CN2C[C@@H]3OCCN(C[C@@H]4CCCO4)[C@@H]3C2)cs1. The van der Waals surface area contributed by atoms with Crippen LogP contribution in [0.25, 0.3) is 0 Å². The quantitative estimate of drug-likeness (QED) is 0.847. The second-order valence-corrected chi connectivity index (χ2v) is 7.21. The molecule has 1 aromatic rings.